The molecule has 0 atom stereocenters. The van der Waals surface area contributed by atoms with Gasteiger partial charge < -0.3 is 5.32 Å². The molecule has 1 aromatic heterocycles. The molecule has 4 aromatic rings. The lowest BCUT2D eigenvalue weighted by Crippen LogP contribution is -2.00. The Morgan fingerprint density at radius 3 is 2.38 bits per heavy atom. The Labute approximate surface area is 161 Å². The van der Waals surface area contributed by atoms with Crippen molar-refractivity contribution >= 4 is 45.7 Å². The van der Waals surface area contributed by atoms with Gasteiger partial charge in [-0.15, -0.1) is 0 Å². The molecule has 1 N–H and O–H groups in total. The second-order valence-electron chi connectivity index (χ2n) is 6.04. The molecule has 0 radical (unpaired) electrons. The van der Waals surface area contributed by atoms with Crippen LogP contribution in [-0.2, 0) is 0 Å². The van der Waals surface area contributed by atoms with Gasteiger partial charge in [-0.3, -0.25) is 0 Å². The van der Waals surface area contributed by atoms with E-state index in [-0.39, 0.29) is 0 Å². The fraction of sp³-hybridized carbons (Fsp3) is 0.0476. The molecule has 0 aliphatic rings. The van der Waals surface area contributed by atoms with E-state index in [4.69, 9.17) is 28.2 Å². The number of anilines is 2. The molecule has 1 heterocycles. The highest BCUT2D eigenvalue weighted by molar-refractivity contribution is 6.42. The predicted octanol–water partition coefficient (Wildman–Crippen LogP) is 6.66. The summed E-state index contributed by atoms with van der Waals surface area (Å²) >= 11 is 12.1. The number of aryl methyl sites for hydroxylation is 1. The first-order valence-electron chi connectivity index (χ1n) is 8.16. The van der Waals surface area contributed by atoms with Crippen LogP contribution in [0.25, 0.3) is 22.2 Å². The van der Waals surface area contributed by atoms with E-state index < -0.39 is 0 Å². The third-order valence-corrected chi connectivity index (χ3v) is 4.81. The molecule has 3 nitrogen and oxygen atoms in total. The lowest BCUT2D eigenvalue weighted by molar-refractivity contribution is 1.21. The minimum atomic E-state index is 0.483. The van der Waals surface area contributed by atoms with Gasteiger partial charge in [-0.2, -0.15) is 0 Å². The van der Waals surface area contributed by atoms with E-state index in [1.165, 1.54) is 5.56 Å². The Hall–Kier alpha value is -2.62. The quantitative estimate of drug-likeness (QED) is 0.432. The molecular weight excluding hydrogens is 365 g/mol. The van der Waals surface area contributed by atoms with Gasteiger partial charge in [-0.05, 0) is 37.3 Å². The van der Waals surface area contributed by atoms with Crippen LogP contribution in [0.5, 0.6) is 0 Å². The van der Waals surface area contributed by atoms with E-state index in [0.29, 0.717) is 16.0 Å². The van der Waals surface area contributed by atoms with Gasteiger partial charge in [0.2, 0.25) is 5.95 Å². The summed E-state index contributed by atoms with van der Waals surface area (Å²) in [5, 5.41) is 5.24. The van der Waals surface area contributed by atoms with Gasteiger partial charge in [-0.25, -0.2) is 9.97 Å². The third kappa shape index (κ3) is 3.36. The van der Waals surface area contributed by atoms with Crippen LogP contribution in [0, 0.1) is 6.92 Å². The third-order valence-electron chi connectivity index (χ3n) is 4.07. The first-order chi connectivity index (χ1) is 12.6. The topological polar surface area (TPSA) is 37.8 Å². The van der Waals surface area contributed by atoms with E-state index in [0.717, 1.165) is 27.8 Å². The molecule has 0 unspecified atom stereocenters. The minimum Gasteiger partial charge on any atom is -0.324 e. The lowest BCUT2D eigenvalue weighted by atomic mass is 10.0. The summed E-state index contributed by atoms with van der Waals surface area (Å²) in [4.78, 5) is 9.41. The maximum absolute atomic E-state index is 6.11. The summed E-state index contributed by atoms with van der Waals surface area (Å²) in [5.74, 6) is 0.513. The Morgan fingerprint density at radius 2 is 1.62 bits per heavy atom. The Balaban J connectivity index is 1.85. The molecule has 0 saturated carbocycles. The van der Waals surface area contributed by atoms with Crippen LogP contribution in [0.3, 0.4) is 0 Å². The van der Waals surface area contributed by atoms with E-state index in [1.54, 1.807) is 12.1 Å². The molecule has 0 aliphatic carbocycles. The van der Waals surface area contributed by atoms with Gasteiger partial charge in [0.05, 0.1) is 21.3 Å². The van der Waals surface area contributed by atoms with Crippen molar-refractivity contribution in [2.24, 2.45) is 0 Å². The van der Waals surface area contributed by atoms with E-state index in [9.17, 15) is 0 Å². The maximum Gasteiger partial charge on any atom is 0.228 e. The molecule has 0 aliphatic heterocycles. The van der Waals surface area contributed by atoms with Gasteiger partial charge in [0.1, 0.15) is 0 Å². The van der Waals surface area contributed by atoms with Crippen molar-refractivity contribution in [2.45, 2.75) is 6.92 Å². The van der Waals surface area contributed by atoms with Gasteiger partial charge >= 0.3 is 0 Å². The molecule has 3 aromatic carbocycles. The molecule has 26 heavy (non-hydrogen) atoms. The number of aromatic nitrogens is 2. The van der Waals surface area contributed by atoms with Crippen LogP contribution < -0.4 is 5.32 Å². The van der Waals surface area contributed by atoms with E-state index >= 15 is 0 Å². The van der Waals surface area contributed by atoms with E-state index in [1.807, 2.05) is 48.5 Å². The molecular formula is C21H15Cl2N3. The molecule has 0 fully saturated rings. The number of halogens is 2. The monoisotopic (exact) mass is 379 g/mol. The summed E-state index contributed by atoms with van der Waals surface area (Å²) in [6.07, 6.45) is 0. The van der Waals surface area contributed by atoms with Crippen molar-refractivity contribution in [3.63, 3.8) is 0 Å². The zero-order valence-electron chi connectivity index (χ0n) is 14.0. The molecule has 0 bridgehead atoms. The molecule has 0 spiro atoms. The number of fused-ring (bicyclic) bond motifs is 1. The fourth-order valence-corrected chi connectivity index (χ4v) is 3.12. The lowest BCUT2D eigenvalue weighted by Gasteiger charge is -2.11. The largest absolute Gasteiger partial charge is 0.324 e. The molecule has 5 heteroatoms. The summed E-state index contributed by atoms with van der Waals surface area (Å²) in [5.41, 5.74) is 4.77. The van der Waals surface area contributed by atoms with Crippen molar-refractivity contribution in [2.75, 3.05) is 5.32 Å². The zero-order chi connectivity index (χ0) is 18.1. The van der Waals surface area contributed by atoms with Gasteiger partial charge in [0, 0.05) is 16.6 Å². The Bertz CT molecular complexity index is 1100. The predicted molar refractivity (Wildman–Crippen MR) is 109 cm³/mol. The summed E-state index contributed by atoms with van der Waals surface area (Å²) in [6.45, 7) is 2.07. The average Bonchev–Trinajstić information content (AvgIpc) is 2.65. The number of hydrogen-bond donors (Lipinski definition) is 1. The van der Waals surface area contributed by atoms with Crippen LogP contribution in [-0.4, -0.2) is 9.97 Å². The van der Waals surface area contributed by atoms with Gasteiger partial charge in [-0.1, -0.05) is 65.2 Å². The first-order valence-corrected chi connectivity index (χ1v) is 8.92. The second kappa shape index (κ2) is 6.94. The highest BCUT2D eigenvalue weighted by Gasteiger charge is 2.11. The fourth-order valence-electron chi connectivity index (χ4n) is 2.82. The van der Waals surface area contributed by atoms with Crippen molar-refractivity contribution in [3.8, 4) is 11.3 Å². The summed E-state index contributed by atoms with van der Waals surface area (Å²) in [6, 6.07) is 21.6. The second-order valence-corrected chi connectivity index (χ2v) is 6.85. The number of nitrogens with one attached hydrogen (secondary N) is 1. The summed E-state index contributed by atoms with van der Waals surface area (Å²) in [7, 11) is 0. The van der Waals surface area contributed by atoms with E-state index in [2.05, 4.69) is 23.3 Å². The van der Waals surface area contributed by atoms with Crippen molar-refractivity contribution in [1.29, 1.82) is 0 Å². The Morgan fingerprint density at radius 1 is 0.808 bits per heavy atom. The average molecular weight is 380 g/mol. The summed E-state index contributed by atoms with van der Waals surface area (Å²) < 4.78 is 0. The molecule has 0 amide bonds. The van der Waals surface area contributed by atoms with Crippen LogP contribution in [0.1, 0.15) is 5.56 Å². The van der Waals surface area contributed by atoms with Gasteiger partial charge in [0.25, 0.3) is 0 Å². The minimum absolute atomic E-state index is 0.483. The van der Waals surface area contributed by atoms with Crippen LogP contribution in [0.4, 0.5) is 11.6 Å². The van der Waals surface area contributed by atoms with Crippen LogP contribution in [0.15, 0.2) is 66.7 Å². The molecule has 128 valence electrons. The highest BCUT2D eigenvalue weighted by atomic mass is 35.5. The number of rotatable bonds is 3. The van der Waals surface area contributed by atoms with Crippen LogP contribution in [0.2, 0.25) is 10.0 Å². The van der Waals surface area contributed by atoms with Crippen LogP contribution >= 0.6 is 23.2 Å². The highest BCUT2D eigenvalue weighted by Crippen LogP contribution is 2.30. The maximum atomic E-state index is 6.11. The SMILES string of the molecule is Cc1ccc2nc(Nc3ccc(Cl)c(Cl)c3)nc(-c3ccccc3)c2c1. The smallest absolute Gasteiger partial charge is 0.228 e. The van der Waals surface area contributed by atoms with Crippen molar-refractivity contribution in [3.05, 3.63) is 82.3 Å². The molecule has 0 saturated heterocycles. The van der Waals surface area contributed by atoms with Gasteiger partial charge in [0.15, 0.2) is 0 Å². The molecule has 4 rings (SSSR count). The first kappa shape index (κ1) is 16.8. The van der Waals surface area contributed by atoms with Crippen molar-refractivity contribution < 1.29 is 0 Å². The standard InChI is InChI=1S/C21H15Cl2N3/c1-13-7-10-19-16(11-13)20(14-5-3-2-4-6-14)26-21(25-19)24-15-8-9-17(22)18(23)12-15/h2-12H,1H3,(H,24,25,26). The Kier molecular flexibility index (Phi) is 4.49. The number of hydrogen-bond acceptors (Lipinski definition) is 3. The number of nitrogens with zero attached hydrogens (tertiary/aromatic N) is 2. The number of benzene rings is 3. The van der Waals surface area contributed by atoms with Crippen molar-refractivity contribution in [1.82, 2.24) is 9.97 Å². The zero-order valence-corrected chi connectivity index (χ0v) is 15.5. The normalized spacial score (nSPS) is 10.9.